The first-order valence-electron chi connectivity index (χ1n) is 13.3. The minimum absolute atomic E-state index is 0.126. The number of pyridine rings is 1. The molecular weight excluding hydrogens is 540 g/mol. The number of benzene rings is 2. The molecule has 3 aromatic heterocycles. The highest BCUT2D eigenvalue weighted by Crippen LogP contribution is 2.29. The number of carbonyl (C=O) groups is 2. The van der Waals surface area contributed by atoms with E-state index < -0.39 is 11.9 Å². The van der Waals surface area contributed by atoms with Crippen LogP contribution in [0.2, 0.25) is 0 Å². The van der Waals surface area contributed by atoms with Crippen LogP contribution >= 0.6 is 0 Å². The highest BCUT2D eigenvalue weighted by Gasteiger charge is 2.30. The summed E-state index contributed by atoms with van der Waals surface area (Å²) >= 11 is 0. The maximum Gasteiger partial charge on any atom is 0.354 e. The summed E-state index contributed by atoms with van der Waals surface area (Å²) in [4.78, 5) is 47.7. The molecule has 1 atom stereocenters. The Bertz CT molecular complexity index is 1870. The standard InChI is InChI=1S/C30H28N6O6/c1-33-25(29(39)40)15-31-26(33)17-34-12-11-22(16-34)36-27-24(13-23(42-2)14-32-27)35(30(36)41)21-9-7-19(8-10-21)18-3-5-20(6-4-18)28(37)38/h3-10,13-15,22H,11-12,16-17H2,1-2H3,(H,37,38)(H,39,40)/t22-/m0/s1. The number of nitrogens with zero attached hydrogens (tertiary/aromatic N) is 6. The first kappa shape index (κ1) is 27.0. The normalized spacial score (nSPS) is 15.3. The molecule has 2 N–H and O–H groups in total. The van der Waals surface area contributed by atoms with Gasteiger partial charge in [-0.3, -0.25) is 14.0 Å². The SMILES string of the molecule is COc1cnc2c(c1)n(-c1ccc(-c3ccc(C(=O)O)cc3)cc1)c(=O)n2[C@H]1CCN(Cc2ncc(C(=O)O)n2C)C1. The Morgan fingerprint density at radius 3 is 2.29 bits per heavy atom. The molecule has 1 aliphatic heterocycles. The molecule has 0 saturated carbocycles. The molecule has 0 bridgehead atoms. The van der Waals surface area contributed by atoms with Crippen LogP contribution in [0, 0.1) is 0 Å². The van der Waals surface area contributed by atoms with Gasteiger partial charge in [0.25, 0.3) is 0 Å². The fourth-order valence-electron chi connectivity index (χ4n) is 5.54. The zero-order chi connectivity index (χ0) is 29.5. The van der Waals surface area contributed by atoms with Crippen LogP contribution in [0.1, 0.15) is 39.1 Å². The number of aromatic nitrogens is 5. The first-order valence-corrected chi connectivity index (χ1v) is 13.3. The van der Waals surface area contributed by atoms with Crippen molar-refractivity contribution < 1.29 is 24.5 Å². The van der Waals surface area contributed by atoms with Crippen molar-refractivity contribution in [1.82, 2.24) is 28.6 Å². The number of rotatable bonds is 8. The van der Waals surface area contributed by atoms with Crippen LogP contribution in [0.15, 0.2) is 71.8 Å². The van der Waals surface area contributed by atoms with E-state index in [1.54, 1.807) is 64.4 Å². The summed E-state index contributed by atoms with van der Waals surface area (Å²) in [7, 11) is 3.24. The van der Waals surface area contributed by atoms with Crippen LogP contribution < -0.4 is 10.4 Å². The lowest BCUT2D eigenvalue weighted by molar-refractivity contribution is 0.0679. The summed E-state index contributed by atoms with van der Waals surface area (Å²) in [5, 5.41) is 18.5. The monoisotopic (exact) mass is 568 g/mol. The van der Waals surface area contributed by atoms with Gasteiger partial charge in [-0.05, 0) is 41.8 Å². The highest BCUT2D eigenvalue weighted by molar-refractivity contribution is 5.88. The van der Waals surface area contributed by atoms with Crippen molar-refractivity contribution in [2.45, 2.75) is 19.0 Å². The Kier molecular flexibility index (Phi) is 6.83. The van der Waals surface area contributed by atoms with Crippen molar-refractivity contribution in [3.05, 3.63) is 94.6 Å². The number of carboxylic acids is 2. The lowest BCUT2D eigenvalue weighted by atomic mass is 10.0. The van der Waals surface area contributed by atoms with Gasteiger partial charge in [0.1, 0.15) is 17.3 Å². The second kappa shape index (κ2) is 10.6. The predicted molar refractivity (Wildman–Crippen MR) is 153 cm³/mol. The van der Waals surface area contributed by atoms with Crippen LogP contribution in [0.5, 0.6) is 5.75 Å². The van der Waals surface area contributed by atoms with E-state index in [0.717, 1.165) is 11.1 Å². The number of likely N-dealkylation sites (tertiary alicyclic amines) is 1. The quantitative estimate of drug-likeness (QED) is 0.288. The van der Waals surface area contributed by atoms with Gasteiger partial charge in [-0.15, -0.1) is 0 Å². The number of fused-ring (bicyclic) bond motifs is 1. The van der Waals surface area contributed by atoms with Gasteiger partial charge in [0.05, 0.1) is 48.9 Å². The van der Waals surface area contributed by atoms with Crippen molar-refractivity contribution in [3.8, 4) is 22.6 Å². The Balaban J connectivity index is 1.33. The molecule has 0 amide bonds. The van der Waals surface area contributed by atoms with Crippen molar-refractivity contribution in [2.24, 2.45) is 7.05 Å². The van der Waals surface area contributed by atoms with E-state index in [1.165, 1.54) is 6.20 Å². The van der Waals surface area contributed by atoms with Crippen LogP contribution in [0.25, 0.3) is 28.0 Å². The van der Waals surface area contributed by atoms with E-state index in [9.17, 15) is 24.6 Å². The fraction of sp³-hybridized carbons (Fsp3) is 0.233. The number of carboxylic acid groups (broad SMARTS) is 2. The van der Waals surface area contributed by atoms with Gasteiger partial charge in [0.2, 0.25) is 0 Å². The third-order valence-corrected chi connectivity index (χ3v) is 7.80. The van der Waals surface area contributed by atoms with E-state index in [-0.39, 0.29) is 23.0 Å². The molecular formula is C30H28N6O6. The summed E-state index contributed by atoms with van der Waals surface area (Å²) in [6.07, 6.45) is 3.67. The molecule has 42 heavy (non-hydrogen) atoms. The van der Waals surface area contributed by atoms with Gasteiger partial charge in [-0.25, -0.2) is 24.4 Å². The largest absolute Gasteiger partial charge is 0.495 e. The second-order valence-electron chi connectivity index (χ2n) is 10.2. The van der Waals surface area contributed by atoms with Crippen LogP contribution in [0.3, 0.4) is 0 Å². The number of ether oxygens (including phenoxy) is 1. The van der Waals surface area contributed by atoms with Gasteiger partial charge in [0.15, 0.2) is 5.65 Å². The third kappa shape index (κ3) is 4.71. The highest BCUT2D eigenvalue weighted by atomic mass is 16.5. The lowest BCUT2D eigenvalue weighted by Gasteiger charge is -2.16. The predicted octanol–water partition coefficient (Wildman–Crippen LogP) is 3.44. The van der Waals surface area contributed by atoms with Crippen molar-refractivity contribution in [3.63, 3.8) is 0 Å². The molecule has 12 heteroatoms. The van der Waals surface area contributed by atoms with Crippen LogP contribution in [-0.4, -0.2) is 70.9 Å². The summed E-state index contributed by atoms with van der Waals surface area (Å²) < 4.78 is 10.3. The molecule has 1 fully saturated rings. The molecule has 2 aromatic carbocycles. The Morgan fingerprint density at radius 2 is 1.67 bits per heavy atom. The molecule has 0 aliphatic carbocycles. The third-order valence-electron chi connectivity index (χ3n) is 7.80. The fourth-order valence-corrected chi connectivity index (χ4v) is 5.54. The minimum Gasteiger partial charge on any atom is -0.495 e. The van der Waals surface area contributed by atoms with Crippen molar-refractivity contribution >= 4 is 23.1 Å². The summed E-state index contributed by atoms with van der Waals surface area (Å²) in [6, 6.07) is 15.8. The van der Waals surface area contributed by atoms with E-state index in [2.05, 4.69) is 14.9 Å². The second-order valence-corrected chi connectivity index (χ2v) is 10.2. The Morgan fingerprint density at radius 1 is 0.976 bits per heavy atom. The summed E-state index contributed by atoms with van der Waals surface area (Å²) in [5.41, 5.74) is 3.69. The van der Waals surface area contributed by atoms with Crippen LogP contribution in [-0.2, 0) is 13.6 Å². The molecule has 4 heterocycles. The molecule has 0 unspecified atom stereocenters. The van der Waals surface area contributed by atoms with Gasteiger partial charge in [-0.2, -0.15) is 0 Å². The average Bonchev–Trinajstić information content (AvgIpc) is 3.68. The molecule has 5 aromatic rings. The van der Waals surface area contributed by atoms with Crippen LogP contribution in [0.4, 0.5) is 0 Å². The van der Waals surface area contributed by atoms with E-state index in [1.807, 2.05) is 24.3 Å². The van der Waals surface area contributed by atoms with E-state index in [0.29, 0.717) is 54.5 Å². The molecule has 0 radical (unpaired) electrons. The van der Waals surface area contributed by atoms with Crippen molar-refractivity contribution in [1.29, 1.82) is 0 Å². The molecule has 214 valence electrons. The number of hydrogen-bond acceptors (Lipinski definition) is 7. The van der Waals surface area contributed by atoms with E-state index in [4.69, 9.17) is 4.74 Å². The topological polar surface area (TPSA) is 145 Å². The lowest BCUT2D eigenvalue weighted by Crippen LogP contribution is -2.29. The Hall–Kier alpha value is -5.23. The number of hydrogen-bond donors (Lipinski definition) is 2. The molecule has 0 spiro atoms. The molecule has 12 nitrogen and oxygen atoms in total. The van der Waals surface area contributed by atoms with Gasteiger partial charge in [0, 0.05) is 26.2 Å². The average molecular weight is 569 g/mol. The summed E-state index contributed by atoms with van der Waals surface area (Å²) in [6.45, 7) is 1.75. The summed E-state index contributed by atoms with van der Waals surface area (Å²) in [5.74, 6) is -0.837. The molecule has 1 aliphatic rings. The molecule has 1 saturated heterocycles. The van der Waals surface area contributed by atoms with Crippen molar-refractivity contribution in [2.75, 3.05) is 20.2 Å². The zero-order valence-corrected chi connectivity index (χ0v) is 23.0. The maximum absolute atomic E-state index is 14.0. The Labute approximate surface area is 239 Å². The molecule has 6 rings (SSSR count). The van der Waals surface area contributed by atoms with E-state index >= 15 is 0 Å². The van der Waals surface area contributed by atoms with Gasteiger partial charge in [-0.1, -0.05) is 24.3 Å². The number of imidazole rings is 2. The van der Waals surface area contributed by atoms with Gasteiger partial charge < -0.3 is 19.5 Å². The number of aromatic carboxylic acids is 2. The maximum atomic E-state index is 14.0. The number of methoxy groups -OCH3 is 1. The first-order chi connectivity index (χ1) is 20.2. The van der Waals surface area contributed by atoms with Gasteiger partial charge >= 0.3 is 17.6 Å². The smallest absolute Gasteiger partial charge is 0.354 e. The minimum atomic E-state index is -1.03. The zero-order valence-electron chi connectivity index (χ0n) is 23.0.